The van der Waals surface area contributed by atoms with Crippen LogP contribution in [0.2, 0.25) is 0 Å². The largest absolute Gasteiger partial charge is 0.379 e. The van der Waals surface area contributed by atoms with Crippen LogP contribution in [-0.2, 0) is 4.74 Å². The van der Waals surface area contributed by atoms with Crippen LogP contribution < -0.4 is 10.2 Å². The summed E-state index contributed by atoms with van der Waals surface area (Å²) in [7, 11) is 0. The van der Waals surface area contributed by atoms with Crippen LogP contribution in [0.15, 0.2) is 23.5 Å². The van der Waals surface area contributed by atoms with E-state index in [2.05, 4.69) is 48.7 Å². The summed E-state index contributed by atoms with van der Waals surface area (Å²) in [5.41, 5.74) is 0.189. The van der Waals surface area contributed by atoms with Gasteiger partial charge in [0.25, 0.3) is 0 Å². The summed E-state index contributed by atoms with van der Waals surface area (Å²) in [5.74, 6) is 4.28. The van der Waals surface area contributed by atoms with Crippen molar-refractivity contribution in [3.63, 3.8) is 0 Å². The molecule has 0 spiro atoms. The number of aliphatic imine (C=N–C) groups is 1. The minimum Gasteiger partial charge on any atom is -0.379 e. The predicted molar refractivity (Wildman–Crippen MR) is 134 cm³/mol. The van der Waals surface area contributed by atoms with Gasteiger partial charge in [0, 0.05) is 64.0 Å². The molecule has 168 valence electrons. The van der Waals surface area contributed by atoms with Crippen molar-refractivity contribution in [3.8, 4) is 0 Å². The third-order valence-electron chi connectivity index (χ3n) is 6.04. The lowest BCUT2D eigenvalue weighted by atomic mass is 9.96. The first-order valence-electron chi connectivity index (χ1n) is 10.8. The number of thioether (sulfide) groups is 1. The van der Waals surface area contributed by atoms with Crippen LogP contribution in [0.5, 0.6) is 0 Å². The van der Waals surface area contributed by atoms with E-state index in [1.165, 1.54) is 17.9 Å². The van der Waals surface area contributed by atoms with Crippen LogP contribution in [0, 0.1) is 0 Å². The van der Waals surface area contributed by atoms with Crippen LogP contribution >= 0.6 is 35.7 Å². The molecule has 4 rings (SSSR count). The van der Waals surface area contributed by atoms with E-state index < -0.39 is 0 Å². The second kappa shape index (κ2) is 11.7. The normalized spacial score (nSPS) is 25.8. The van der Waals surface area contributed by atoms with E-state index in [4.69, 9.17) is 9.73 Å². The molecule has 4 heterocycles. The van der Waals surface area contributed by atoms with Gasteiger partial charge >= 0.3 is 0 Å². The van der Waals surface area contributed by atoms with Crippen LogP contribution in [0.25, 0.3) is 0 Å². The molecular weight excluding hydrogens is 513 g/mol. The van der Waals surface area contributed by atoms with Crippen LogP contribution in [0.4, 0.5) is 5.95 Å². The first-order valence-corrected chi connectivity index (χ1v) is 11.9. The smallest absolute Gasteiger partial charge is 0.225 e. The Labute approximate surface area is 201 Å². The van der Waals surface area contributed by atoms with Crippen molar-refractivity contribution in [2.45, 2.75) is 18.9 Å². The average Bonchev–Trinajstić information content (AvgIpc) is 3.28. The predicted octanol–water partition coefficient (Wildman–Crippen LogP) is 1.39. The van der Waals surface area contributed by atoms with Gasteiger partial charge < -0.3 is 19.9 Å². The second-order valence-corrected chi connectivity index (χ2v) is 8.92. The fourth-order valence-corrected chi connectivity index (χ4v) is 5.80. The molecule has 3 fully saturated rings. The summed E-state index contributed by atoms with van der Waals surface area (Å²) >= 11 is 2.07. The Bertz CT molecular complexity index is 660. The van der Waals surface area contributed by atoms with Gasteiger partial charge in [0.2, 0.25) is 5.95 Å². The van der Waals surface area contributed by atoms with E-state index in [0.717, 1.165) is 77.5 Å². The summed E-state index contributed by atoms with van der Waals surface area (Å²) in [6.07, 6.45) is 4.84. The van der Waals surface area contributed by atoms with Gasteiger partial charge in [-0.1, -0.05) is 0 Å². The zero-order chi connectivity index (χ0) is 19.9. The number of ether oxygens (including phenoxy) is 1. The van der Waals surface area contributed by atoms with Gasteiger partial charge in [-0.25, -0.2) is 9.97 Å². The maximum atomic E-state index is 5.59. The third kappa shape index (κ3) is 5.68. The lowest BCUT2D eigenvalue weighted by molar-refractivity contribution is -0.0105. The molecule has 0 radical (unpaired) electrons. The van der Waals surface area contributed by atoms with Crippen molar-refractivity contribution in [1.29, 1.82) is 0 Å². The Morgan fingerprint density at radius 3 is 2.53 bits per heavy atom. The topological polar surface area (TPSA) is 69.1 Å². The number of halogens is 1. The van der Waals surface area contributed by atoms with E-state index in [9.17, 15) is 0 Å². The molecular formula is C20H34IN7OS. The molecule has 1 unspecified atom stereocenters. The highest BCUT2D eigenvalue weighted by atomic mass is 127. The van der Waals surface area contributed by atoms with Crippen molar-refractivity contribution in [2.75, 3.05) is 82.0 Å². The standard InChI is InChI=1S/C20H33N7OS.HI/c1-2-21-18(25-7-9-26(10-8-25)19-22-5-3-6-23-19)24-16-20(4-15-29-17-20)27-11-13-28-14-12-27;/h3,5-6H,2,4,7-17H2,1H3,(H,21,24);1H. The summed E-state index contributed by atoms with van der Waals surface area (Å²) in [6, 6.07) is 1.86. The molecule has 3 aliphatic heterocycles. The molecule has 8 nitrogen and oxygen atoms in total. The molecule has 3 saturated heterocycles. The monoisotopic (exact) mass is 547 g/mol. The Morgan fingerprint density at radius 1 is 1.17 bits per heavy atom. The summed E-state index contributed by atoms with van der Waals surface area (Å²) in [6.45, 7) is 11.4. The number of piperazine rings is 1. The number of hydrogen-bond acceptors (Lipinski definition) is 7. The number of aromatic nitrogens is 2. The van der Waals surface area contributed by atoms with Crippen LogP contribution in [0.1, 0.15) is 13.3 Å². The molecule has 1 aromatic rings. The van der Waals surface area contributed by atoms with E-state index in [-0.39, 0.29) is 29.5 Å². The van der Waals surface area contributed by atoms with Gasteiger partial charge in [0.15, 0.2) is 5.96 Å². The molecule has 30 heavy (non-hydrogen) atoms. The molecule has 0 aromatic carbocycles. The Kier molecular flexibility index (Phi) is 9.27. The quantitative estimate of drug-likeness (QED) is 0.337. The highest BCUT2D eigenvalue weighted by molar-refractivity contribution is 14.0. The molecule has 1 N–H and O–H groups in total. The highest BCUT2D eigenvalue weighted by Gasteiger charge is 2.40. The van der Waals surface area contributed by atoms with Crippen molar-refractivity contribution in [1.82, 2.24) is 25.1 Å². The lowest BCUT2D eigenvalue weighted by Gasteiger charge is -2.42. The first-order chi connectivity index (χ1) is 14.3. The molecule has 3 aliphatic rings. The molecule has 0 aliphatic carbocycles. The molecule has 0 saturated carbocycles. The number of nitrogens with zero attached hydrogens (tertiary/aromatic N) is 6. The lowest BCUT2D eigenvalue weighted by Crippen LogP contribution is -2.57. The molecule has 0 bridgehead atoms. The van der Waals surface area contributed by atoms with Gasteiger partial charge in [-0.15, -0.1) is 24.0 Å². The zero-order valence-electron chi connectivity index (χ0n) is 17.8. The van der Waals surface area contributed by atoms with E-state index >= 15 is 0 Å². The van der Waals surface area contributed by atoms with Crippen molar-refractivity contribution in [3.05, 3.63) is 18.5 Å². The maximum Gasteiger partial charge on any atom is 0.225 e. The number of nitrogens with one attached hydrogen (secondary N) is 1. The molecule has 10 heteroatoms. The van der Waals surface area contributed by atoms with Gasteiger partial charge in [-0.2, -0.15) is 11.8 Å². The summed E-state index contributed by atoms with van der Waals surface area (Å²) < 4.78 is 5.59. The van der Waals surface area contributed by atoms with Crippen LogP contribution in [0.3, 0.4) is 0 Å². The van der Waals surface area contributed by atoms with Gasteiger partial charge in [0.1, 0.15) is 0 Å². The summed E-state index contributed by atoms with van der Waals surface area (Å²) in [5, 5.41) is 3.53. The van der Waals surface area contributed by atoms with Crippen molar-refractivity contribution < 1.29 is 4.74 Å². The molecule has 0 amide bonds. The minimum absolute atomic E-state index is 0. The maximum absolute atomic E-state index is 5.59. The number of guanidine groups is 1. The van der Waals surface area contributed by atoms with Gasteiger partial charge in [-0.3, -0.25) is 9.89 Å². The Morgan fingerprint density at radius 2 is 1.90 bits per heavy atom. The van der Waals surface area contributed by atoms with Gasteiger partial charge in [0.05, 0.1) is 25.3 Å². The first kappa shape index (κ1) is 23.8. The van der Waals surface area contributed by atoms with Crippen LogP contribution in [-0.4, -0.2) is 108 Å². The fourth-order valence-electron chi connectivity index (χ4n) is 4.33. The minimum atomic E-state index is 0. The molecule has 1 atom stereocenters. The Hall–Kier alpha value is -0.850. The number of rotatable bonds is 5. The summed E-state index contributed by atoms with van der Waals surface area (Å²) in [4.78, 5) is 21.2. The van der Waals surface area contributed by atoms with Crippen molar-refractivity contribution in [2.24, 2.45) is 4.99 Å². The van der Waals surface area contributed by atoms with Crippen molar-refractivity contribution >= 4 is 47.6 Å². The van der Waals surface area contributed by atoms with E-state index in [1.54, 1.807) is 0 Å². The highest BCUT2D eigenvalue weighted by Crippen LogP contribution is 2.34. The zero-order valence-corrected chi connectivity index (χ0v) is 21.0. The fraction of sp³-hybridized carbons (Fsp3) is 0.750. The third-order valence-corrected chi connectivity index (χ3v) is 7.27. The number of morpholine rings is 1. The number of anilines is 1. The Balaban J connectivity index is 0.00000256. The average molecular weight is 548 g/mol. The molecule has 1 aromatic heterocycles. The number of hydrogen-bond donors (Lipinski definition) is 1. The van der Waals surface area contributed by atoms with E-state index in [1.807, 2.05) is 18.5 Å². The van der Waals surface area contributed by atoms with E-state index in [0.29, 0.717) is 0 Å². The van der Waals surface area contributed by atoms with Gasteiger partial charge in [-0.05, 0) is 25.2 Å². The SMILES string of the molecule is CCNC(=NCC1(N2CCOCC2)CCSC1)N1CCN(c2ncccn2)CC1.I. The second-order valence-electron chi connectivity index (χ2n) is 7.82.